The van der Waals surface area contributed by atoms with E-state index in [0.717, 1.165) is 29.5 Å². The molecule has 3 aromatic heterocycles. The second kappa shape index (κ2) is 9.17. The quantitative estimate of drug-likeness (QED) is 0.360. The molecule has 0 bridgehead atoms. The van der Waals surface area contributed by atoms with Crippen LogP contribution in [0.3, 0.4) is 0 Å². The predicted molar refractivity (Wildman–Crippen MR) is 106 cm³/mol. The lowest BCUT2D eigenvalue weighted by Gasteiger charge is -2.13. The highest BCUT2D eigenvalue weighted by atomic mass is 32.2. The van der Waals surface area contributed by atoms with Crippen molar-refractivity contribution >= 4 is 34.8 Å². The number of nitrogens with one attached hydrogen (secondary N) is 1. The van der Waals surface area contributed by atoms with Crippen molar-refractivity contribution in [2.45, 2.75) is 17.4 Å². The molecule has 3 heterocycles. The molecular formula is C19H10F6N4OS2. The van der Waals surface area contributed by atoms with E-state index in [1.807, 2.05) is 0 Å². The van der Waals surface area contributed by atoms with E-state index < -0.39 is 40.7 Å². The first kappa shape index (κ1) is 23.6. The number of aromatic nitrogens is 2. The number of pyridine rings is 2. The molecule has 1 amide bonds. The molecule has 0 unspecified atom stereocenters. The Kier molecular flexibility index (Phi) is 6.75. The number of rotatable bonds is 5. The van der Waals surface area contributed by atoms with E-state index in [1.165, 1.54) is 6.07 Å². The maximum Gasteiger partial charge on any atom is 0.417 e. The van der Waals surface area contributed by atoms with Crippen molar-refractivity contribution in [3.05, 3.63) is 58.6 Å². The Labute approximate surface area is 185 Å². The Balaban J connectivity index is 1.81. The van der Waals surface area contributed by atoms with Gasteiger partial charge in [-0.25, -0.2) is 9.97 Å². The first-order valence-corrected chi connectivity index (χ1v) is 10.4. The monoisotopic (exact) mass is 488 g/mol. The Hall–Kier alpha value is -3.11. The van der Waals surface area contributed by atoms with E-state index in [0.29, 0.717) is 22.8 Å². The van der Waals surface area contributed by atoms with Crippen LogP contribution in [0.15, 0.2) is 46.9 Å². The average molecular weight is 488 g/mol. The second-order valence-electron chi connectivity index (χ2n) is 6.09. The maximum atomic E-state index is 13.5. The van der Waals surface area contributed by atoms with E-state index >= 15 is 0 Å². The van der Waals surface area contributed by atoms with Crippen LogP contribution in [0.5, 0.6) is 0 Å². The minimum Gasteiger partial charge on any atom is -0.310 e. The fourth-order valence-electron chi connectivity index (χ4n) is 2.46. The number of alkyl halides is 6. The highest BCUT2D eigenvalue weighted by molar-refractivity contribution is 8.00. The van der Waals surface area contributed by atoms with Crippen LogP contribution in [0.1, 0.15) is 16.7 Å². The molecule has 0 aliphatic carbocycles. The number of thiophene rings is 1. The van der Waals surface area contributed by atoms with Gasteiger partial charge in [0, 0.05) is 6.20 Å². The zero-order valence-electron chi connectivity index (χ0n) is 15.6. The molecule has 0 saturated heterocycles. The van der Waals surface area contributed by atoms with Crippen LogP contribution in [0.4, 0.5) is 32.2 Å². The Bertz CT molecular complexity index is 1150. The van der Waals surface area contributed by atoms with Crippen molar-refractivity contribution in [3.63, 3.8) is 0 Å². The van der Waals surface area contributed by atoms with Crippen LogP contribution in [0.2, 0.25) is 0 Å². The third kappa shape index (κ3) is 5.57. The van der Waals surface area contributed by atoms with Crippen molar-refractivity contribution < 1.29 is 31.1 Å². The van der Waals surface area contributed by atoms with Crippen LogP contribution in [0, 0.1) is 11.3 Å². The van der Waals surface area contributed by atoms with Gasteiger partial charge in [0.15, 0.2) is 0 Å². The summed E-state index contributed by atoms with van der Waals surface area (Å²) in [7, 11) is 0. The number of thioether (sulfide) groups is 1. The number of carbonyl (C=O) groups is 1. The molecule has 0 aromatic carbocycles. The summed E-state index contributed by atoms with van der Waals surface area (Å²) in [5.74, 6) is -1.36. The minimum absolute atomic E-state index is 0.00126. The number of carbonyl (C=O) groups excluding carboxylic acids is 1. The molecule has 0 aliphatic heterocycles. The number of nitriles is 1. The van der Waals surface area contributed by atoms with Crippen molar-refractivity contribution in [2.75, 3.05) is 11.1 Å². The Morgan fingerprint density at radius 2 is 1.91 bits per heavy atom. The third-order valence-electron chi connectivity index (χ3n) is 3.88. The molecule has 5 nitrogen and oxygen atoms in total. The van der Waals surface area contributed by atoms with Crippen LogP contribution >= 0.6 is 23.1 Å². The molecule has 3 aromatic rings. The normalized spacial score (nSPS) is 11.8. The second-order valence-corrected chi connectivity index (χ2v) is 8.00. The van der Waals surface area contributed by atoms with Gasteiger partial charge < -0.3 is 5.32 Å². The van der Waals surface area contributed by atoms with Gasteiger partial charge in [-0.05, 0) is 29.6 Å². The summed E-state index contributed by atoms with van der Waals surface area (Å²) in [6, 6.07) is 7.14. The molecule has 13 heteroatoms. The van der Waals surface area contributed by atoms with E-state index in [1.54, 1.807) is 17.5 Å². The zero-order valence-corrected chi connectivity index (χ0v) is 17.2. The summed E-state index contributed by atoms with van der Waals surface area (Å²) in [4.78, 5) is 20.2. The summed E-state index contributed by atoms with van der Waals surface area (Å²) >= 11 is 1.76. The summed E-state index contributed by atoms with van der Waals surface area (Å²) in [6.45, 7) is 0. The largest absolute Gasteiger partial charge is 0.417 e. The molecule has 0 fully saturated rings. The van der Waals surface area contributed by atoms with Gasteiger partial charge in [-0.2, -0.15) is 31.6 Å². The Morgan fingerprint density at radius 1 is 1.16 bits per heavy atom. The number of hydrogen-bond acceptors (Lipinski definition) is 6. The van der Waals surface area contributed by atoms with E-state index in [9.17, 15) is 36.4 Å². The van der Waals surface area contributed by atoms with Gasteiger partial charge in [0.2, 0.25) is 5.91 Å². The lowest BCUT2D eigenvalue weighted by atomic mass is 10.1. The number of halogens is 6. The number of amides is 1. The van der Waals surface area contributed by atoms with Crippen LogP contribution in [0.25, 0.3) is 10.6 Å². The minimum atomic E-state index is -4.82. The van der Waals surface area contributed by atoms with Crippen LogP contribution < -0.4 is 5.32 Å². The van der Waals surface area contributed by atoms with Crippen molar-refractivity contribution in [2.24, 2.45) is 0 Å². The topological polar surface area (TPSA) is 78.7 Å². The van der Waals surface area contributed by atoms with Gasteiger partial charge in [0.05, 0.1) is 33.0 Å². The van der Waals surface area contributed by atoms with Gasteiger partial charge in [0.25, 0.3) is 0 Å². The van der Waals surface area contributed by atoms with E-state index in [2.05, 4.69) is 15.3 Å². The summed E-state index contributed by atoms with van der Waals surface area (Å²) < 4.78 is 78.2. The average Bonchev–Trinajstić information content (AvgIpc) is 3.25. The molecule has 0 aliphatic rings. The summed E-state index contributed by atoms with van der Waals surface area (Å²) in [5, 5.41) is 12.9. The SMILES string of the molecule is N#Cc1c(C(F)(F)F)cc(-c2cccs2)nc1SCC(=O)Nc1ccc(C(F)(F)F)cn1. The molecule has 1 N–H and O–H groups in total. The third-order valence-corrected chi connectivity index (χ3v) is 5.74. The fourth-order valence-corrected chi connectivity index (χ4v) is 3.95. The number of anilines is 1. The van der Waals surface area contributed by atoms with Gasteiger partial charge in [-0.1, -0.05) is 17.8 Å². The van der Waals surface area contributed by atoms with Crippen molar-refractivity contribution in [3.8, 4) is 16.6 Å². The highest BCUT2D eigenvalue weighted by Gasteiger charge is 2.36. The van der Waals surface area contributed by atoms with E-state index in [4.69, 9.17) is 0 Å². The Morgan fingerprint density at radius 3 is 2.44 bits per heavy atom. The fraction of sp³-hybridized carbons (Fsp3) is 0.158. The first-order valence-electron chi connectivity index (χ1n) is 8.51. The van der Waals surface area contributed by atoms with Crippen molar-refractivity contribution in [1.82, 2.24) is 9.97 Å². The smallest absolute Gasteiger partial charge is 0.310 e. The molecule has 32 heavy (non-hydrogen) atoms. The first-order chi connectivity index (χ1) is 15.0. The van der Waals surface area contributed by atoms with Gasteiger partial charge >= 0.3 is 12.4 Å². The lowest BCUT2D eigenvalue weighted by molar-refractivity contribution is -0.138. The lowest BCUT2D eigenvalue weighted by Crippen LogP contribution is -2.16. The van der Waals surface area contributed by atoms with E-state index in [-0.39, 0.29) is 16.5 Å². The standard InChI is InChI=1S/C19H10F6N4OS2/c20-18(21,22)10-3-4-15(27-8-10)29-16(30)9-32-17-11(7-26)12(19(23,24)25)6-13(28-17)14-2-1-5-31-14/h1-6,8H,9H2,(H,27,29,30). The molecule has 3 rings (SSSR count). The number of nitrogens with zero attached hydrogens (tertiary/aromatic N) is 3. The zero-order chi connectivity index (χ0) is 23.5. The molecule has 166 valence electrons. The van der Waals surface area contributed by atoms with Gasteiger partial charge in [-0.15, -0.1) is 11.3 Å². The van der Waals surface area contributed by atoms with Crippen molar-refractivity contribution in [1.29, 1.82) is 5.26 Å². The number of hydrogen-bond donors (Lipinski definition) is 1. The molecule has 0 atom stereocenters. The maximum absolute atomic E-state index is 13.5. The van der Waals surface area contributed by atoms with Crippen LogP contribution in [-0.4, -0.2) is 21.6 Å². The molecular weight excluding hydrogens is 478 g/mol. The summed E-state index contributed by atoms with van der Waals surface area (Å²) in [5.41, 5.74) is -2.90. The molecule has 0 radical (unpaired) electrons. The van der Waals surface area contributed by atoms with Gasteiger partial charge in [0.1, 0.15) is 16.9 Å². The highest BCUT2D eigenvalue weighted by Crippen LogP contribution is 2.38. The van der Waals surface area contributed by atoms with Crippen LogP contribution in [-0.2, 0) is 17.1 Å². The molecule has 0 spiro atoms. The molecule has 0 saturated carbocycles. The van der Waals surface area contributed by atoms with Gasteiger partial charge in [-0.3, -0.25) is 4.79 Å². The summed E-state index contributed by atoms with van der Waals surface area (Å²) in [6.07, 6.45) is -8.87. The predicted octanol–water partition coefficient (Wildman–Crippen LogP) is 5.85.